The lowest BCUT2D eigenvalue weighted by atomic mass is 9.92. The number of hydrogen-bond donors (Lipinski definition) is 3. The zero-order chi connectivity index (χ0) is 13.1. The zero-order valence-electron chi connectivity index (χ0n) is 10.7. The highest BCUT2D eigenvalue weighted by Crippen LogP contribution is 2.36. The van der Waals surface area contributed by atoms with Crippen molar-refractivity contribution < 1.29 is 9.59 Å². The third-order valence-electron chi connectivity index (χ3n) is 3.19. The molecule has 1 aliphatic carbocycles. The Hall–Kier alpha value is -0.710. The summed E-state index contributed by atoms with van der Waals surface area (Å²) in [5, 5.41) is 5.58. The first-order chi connectivity index (χ1) is 7.84. The maximum absolute atomic E-state index is 11.9. The van der Waals surface area contributed by atoms with Gasteiger partial charge in [0.1, 0.15) is 6.04 Å². The van der Waals surface area contributed by atoms with E-state index < -0.39 is 6.04 Å². The van der Waals surface area contributed by atoms with Gasteiger partial charge >= 0.3 is 0 Å². The summed E-state index contributed by atoms with van der Waals surface area (Å²) >= 11 is 4.08. The molecule has 17 heavy (non-hydrogen) atoms. The molecule has 1 fully saturated rings. The summed E-state index contributed by atoms with van der Waals surface area (Å²) < 4.78 is 0. The highest BCUT2D eigenvalue weighted by Gasteiger charge is 2.32. The Bertz CT molecular complexity index is 305. The van der Waals surface area contributed by atoms with Crippen molar-refractivity contribution in [3.05, 3.63) is 0 Å². The summed E-state index contributed by atoms with van der Waals surface area (Å²) in [5.41, 5.74) is 0.308. The SMILES string of the molecule is CC(=O)NC(CS)C(=O)NC1CCC(C)(C)C1. The van der Waals surface area contributed by atoms with Gasteiger partial charge in [0.2, 0.25) is 11.8 Å². The van der Waals surface area contributed by atoms with Crippen LogP contribution in [0.25, 0.3) is 0 Å². The van der Waals surface area contributed by atoms with Gasteiger partial charge < -0.3 is 10.6 Å². The molecular formula is C12H22N2O2S. The second-order valence-electron chi connectivity index (χ2n) is 5.55. The molecule has 0 aromatic heterocycles. The summed E-state index contributed by atoms with van der Waals surface area (Å²) in [5.74, 6) is -0.00881. The Morgan fingerprint density at radius 1 is 1.47 bits per heavy atom. The van der Waals surface area contributed by atoms with Gasteiger partial charge in [-0.05, 0) is 24.7 Å². The maximum atomic E-state index is 11.9. The molecule has 2 N–H and O–H groups in total. The van der Waals surface area contributed by atoms with E-state index in [4.69, 9.17) is 0 Å². The number of amides is 2. The fourth-order valence-electron chi connectivity index (χ4n) is 2.30. The third-order valence-corrected chi connectivity index (χ3v) is 3.56. The van der Waals surface area contributed by atoms with E-state index in [1.807, 2.05) is 0 Å². The van der Waals surface area contributed by atoms with E-state index >= 15 is 0 Å². The van der Waals surface area contributed by atoms with E-state index in [0.29, 0.717) is 11.2 Å². The molecule has 2 atom stereocenters. The molecule has 0 radical (unpaired) electrons. The number of carbonyl (C=O) groups excluding carboxylic acids is 2. The maximum Gasteiger partial charge on any atom is 0.243 e. The van der Waals surface area contributed by atoms with E-state index in [-0.39, 0.29) is 17.9 Å². The molecule has 0 spiro atoms. The average molecular weight is 258 g/mol. The van der Waals surface area contributed by atoms with Crippen molar-refractivity contribution in [3.63, 3.8) is 0 Å². The van der Waals surface area contributed by atoms with Crippen molar-refractivity contribution in [3.8, 4) is 0 Å². The van der Waals surface area contributed by atoms with Crippen LogP contribution in [0.15, 0.2) is 0 Å². The van der Waals surface area contributed by atoms with Crippen molar-refractivity contribution in [1.82, 2.24) is 10.6 Å². The Morgan fingerprint density at radius 2 is 2.12 bits per heavy atom. The molecule has 0 heterocycles. The molecule has 0 aliphatic heterocycles. The quantitative estimate of drug-likeness (QED) is 0.662. The first kappa shape index (κ1) is 14.4. The Morgan fingerprint density at radius 3 is 2.53 bits per heavy atom. The average Bonchev–Trinajstić information content (AvgIpc) is 2.54. The van der Waals surface area contributed by atoms with E-state index in [0.717, 1.165) is 19.3 Å². The Labute approximate surface area is 108 Å². The monoisotopic (exact) mass is 258 g/mol. The summed E-state index contributed by atoms with van der Waals surface area (Å²) in [6.45, 7) is 5.83. The van der Waals surface area contributed by atoms with Crippen LogP contribution in [-0.4, -0.2) is 29.7 Å². The van der Waals surface area contributed by atoms with Gasteiger partial charge in [0, 0.05) is 18.7 Å². The topological polar surface area (TPSA) is 58.2 Å². The van der Waals surface area contributed by atoms with Crippen LogP contribution in [0.4, 0.5) is 0 Å². The Balaban J connectivity index is 2.45. The number of carbonyl (C=O) groups is 2. The van der Waals surface area contributed by atoms with Crippen LogP contribution in [0, 0.1) is 5.41 Å². The largest absolute Gasteiger partial charge is 0.352 e. The van der Waals surface area contributed by atoms with Crippen LogP contribution < -0.4 is 10.6 Å². The molecule has 4 nitrogen and oxygen atoms in total. The second kappa shape index (κ2) is 5.76. The van der Waals surface area contributed by atoms with Gasteiger partial charge in [-0.3, -0.25) is 9.59 Å². The minimum absolute atomic E-state index is 0.127. The molecule has 1 aliphatic rings. The van der Waals surface area contributed by atoms with Crippen molar-refractivity contribution in [2.75, 3.05) is 5.75 Å². The van der Waals surface area contributed by atoms with E-state index in [2.05, 4.69) is 37.1 Å². The van der Waals surface area contributed by atoms with Gasteiger partial charge in [0.25, 0.3) is 0 Å². The summed E-state index contributed by atoms with van der Waals surface area (Å²) in [7, 11) is 0. The van der Waals surface area contributed by atoms with Crippen molar-refractivity contribution in [1.29, 1.82) is 0 Å². The molecule has 98 valence electrons. The van der Waals surface area contributed by atoms with Gasteiger partial charge in [-0.2, -0.15) is 12.6 Å². The minimum atomic E-state index is -0.528. The number of thiol groups is 1. The number of nitrogens with one attached hydrogen (secondary N) is 2. The molecule has 0 bridgehead atoms. The van der Waals surface area contributed by atoms with E-state index in [9.17, 15) is 9.59 Å². The molecule has 2 unspecified atom stereocenters. The van der Waals surface area contributed by atoms with Crippen LogP contribution in [-0.2, 0) is 9.59 Å². The summed E-state index contributed by atoms with van der Waals surface area (Å²) in [6.07, 6.45) is 3.14. The lowest BCUT2D eigenvalue weighted by Gasteiger charge is -2.21. The molecule has 0 saturated heterocycles. The van der Waals surface area contributed by atoms with Crippen LogP contribution >= 0.6 is 12.6 Å². The minimum Gasteiger partial charge on any atom is -0.352 e. The first-order valence-electron chi connectivity index (χ1n) is 6.02. The number of hydrogen-bond acceptors (Lipinski definition) is 3. The second-order valence-corrected chi connectivity index (χ2v) is 5.91. The van der Waals surface area contributed by atoms with Crippen molar-refractivity contribution >= 4 is 24.4 Å². The van der Waals surface area contributed by atoms with Crippen molar-refractivity contribution in [2.24, 2.45) is 5.41 Å². The summed E-state index contributed by atoms with van der Waals surface area (Å²) in [4.78, 5) is 22.8. The highest BCUT2D eigenvalue weighted by molar-refractivity contribution is 7.80. The summed E-state index contributed by atoms with van der Waals surface area (Å²) in [6, 6.07) is -0.298. The molecule has 2 amide bonds. The predicted octanol–water partition coefficient (Wildman–Crippen LogP) is 1.12. The third kappa shape index (κ3) is 4.58. The van der Waals surface area contributed by atoms with E-state index in [1.54, 1.807) is 0 Å². The van der Waals surface area contributed by atoms with Gasteiger partial charge in [0.05, 0.1) is 0 Å². The van der Waals surface area contributed by atoms with Gasteiger partial charge in [0.15, 0.2) is 0 Å². The van der Waals surface area contributed by atoms with Crippen LogP contribution in [0.2, 0.25) is 0 Å². The van der Waals surface area contributed by atoms with Gasteiger partial charge in [-0.15, -0.1) is 0 Å². The predicted molar refractivity (Wildman–Crippen MR) is 71.0 cm³/mol. The number of rotatable bonds is 4. The van der Waals surface area contributed by atoms with Crippen molar-refractivity contribution in [2.45, 2.75) is 52.1 Å². The van der Waals surface area contributed by atoms with Crippen LogP contribution in [0.5, 0.6) is 0 Å². The normalized spacial score (nSPS) is 24.1. The fraction of sp³-hybridized carbons (Fsp3) is 0.833. The zero-order valence-corrected chi connectivity index (χ0v) is 11.6. The fourth-order valence-corrected chi connectivity index (χ4v) is 2.56. The molecule has 0 aromatic rings. The smallest absolute Gasteiger partial charge is 0.243 e. The van der Waals surface area contributed by atoms with Crippen LogP contribution in [0.1, 0.15) is 40.0 Å². The van der Waals surface area contributed by atoms with E-state index in [1.165, 1.54) is 6.92 Å². The molecule has 1 rings (SSSR count). The standard InChI is InChI=1S/C12H22N2O2S/c1-8(15)13-10(7-17)11(16)14-9-4-5-12(2,3)6-9/h9-10,17H,4-7H2,1-3H3,(H,13,15)(H,14,16). The Kier molecular flexibility index (Phi) is 4.86. The lowest BCUT2D eigenvalue weighted by molar-refractivity contribution is -0.128. The molecule has 0 aromatic carbocycles. The lowest BCUT2D eigenvalue weighted by Crippen LogP contribution is -2.49. The molecular weight excluding hydrogens is 236 g/mol. The van der Waals surface area contributed by atoms with Crippen LogP contribution in [0.3, 0.4) is 0 Å². The molecule has 1 saturated carbocycles. The molecule has 5 heteroatoms. The first-order valence-corrected chi connectivity index (χ1v) is 6.65. The van der Waals surface area contributed by atoms with Gasteiger partial charge in [-0.1, -0.05) is 13.8 Å². The highest BCUT2D eigenvalue weighted by atomic mass is 32.1. The van der Waals surface area contributed by atoms with Gasteiger partial charge in [-0.25, -0.2) is 0 Å².